The summed E-state index contributed by atoms with van der Waals surface area (Å²) in [5.41, 5.74) is 3.65. The van der Waals surface area contributed by atoms with Crippen molar-refractivity contribution >= 4 is 34.8 Å². The van der Waals surface area contributed by atoms with E-state index in [9.17, 15) is 9.59 Å². The molecule has 1 aliphatic heterocycles. The molecule has 3 aromatic rings. The van der Waals surface area contributed by atoms with E-state index in [1.165, 1.54) is 11.1 Å². The lowest BCUT2D eigenvalue weighted by Crippen LogP contribution is -2.36. The summed E-state index contributed by atoms with van der Waals surface area (Å²) in [6.45, 7) is 4.88. The van der Waals surface area contributed by atoms with Crippen LogP contribution in [0.5, 0.6) is 0 Å². The van der Waals surface area contributed by atoms with E-state index in [0.717, 1.165) is 37.7 Å². The molecule has 172 valence electrons. The van der Waals surface area contributed by atoms with Crippen molar-refractivity contribution in [2.24, 2.45) is 0 Å². The van der Waals surface area contributed by atoms with Crippen LogP contribution in [0.15, 0.2) is 54.7 Å². The largest absolute Gasteiger partial charge is 0.378 e. The van der Waals surface area contributed by atoms with Gasteiger partial charge in [-0.15, -0.1) is 0 Å². The van der Waals surface area contributed by atoms with Crippen LogP contribution >= 0.6 is 11.6 Å². The van der Waals surface area contributed by atoms with Gasteiger partial charge in [0.15, 0.2) is 0 Å². The van der Waals surface area contributed by atoms with E-state index in [4.69, 9.17) is 16.3 Å². The Morgan fingerprint density at radius 3 is 2.55 bits per heavy atom. The maximum absolute atomic E-state index is 12.9. The van der Waals surface area contributed by atoms with E-state index in [1.807, 2.05) is 43.3 Å². The molecule has 0 unspecified atom stereocenters. The summed E-state index contributed by atoms with van der Waals surface area (Å²) in [5, 5.41) is 7.76. The number of anilines is 2. The van der Waals surface area contributed by atoms with Crippen molar-refractivity contribution in [1.82, 2.24) is 14.7 Å². The van der Waals surface area contributed by atoms with Crippen molar-refractivity contribution in [1.29, 1.82) is 0 Å². The molecule has 1 fully saturated rings. The van der Waals surface area contributed by atoms with Crippen molar-refractivity contribution in [3.63, 3.8) is 0 Å². The number of nitrogens with one attached hydrogen (secondary N) is 1. The normalized spacial score (nSPS) is 13.6. The SMILES string of the molecule is Cc1c(C(=O)N(C)CC(=O)Nc2ccc(N3CCOCC3)cc2)cnn1-c1cccc(Cl)c1. The molecule has 0 atom stereocenters. The van der Waals surface area contributed by atoms with Gasteiger partial charge >= 0.3 is 0 Å². The van der Waals surface area contributed by atoms with E-state index in [2.05, 4.69) is 15.3 Å². The van der Waals surface area contributed by atoms with E-state index in [0.29, 0.717) is 22.0 Å². The van der Waals surface area contributed by atoms with Gasteiger partial charge in [0.25, 0.3) is 5.91 Å². The lowest BCUT2D eigenvalue weighted by molar-refractivity contribution is -0.116. The van der Waals surface area contributed by atoms with E-state index in [-0.39, 0.29) is 18.4 Å². The fourth-order valence-electron chi connectivity index (χ4n) is 3.76. The number of ether oxygens (including phenoxy) is 1. The van der Waals surface area contributed by atoms with Gasteiger partial charge in [0.05, 0.1) is 42.9 Å². The molecule has 4 rings (SSSR count). The first-order chi connectivity index (χ1) is 15.9. The van der Waals surface area contributed by atoms with E-state index in [1.54, 1.807) is 23.9 Å². The molecule has 2 heterocycles. The number of hydrogen-bond acceptors (Lipinski definition) is 5. The molecular formula is C24H26ClN5O3. The predicted molar refractivity (Wildman–Crippen MR) is 128 cm³/mol. The number of rotatable bonds is 6. The number of aromatic nitrogens is 2. The second-order valence-corrected chi connectivity index (χ2v) is 8.33. The fourth-order valence-corrected chi connectivity index (χ4v) is 3.94. The summed E-state index contributed by atoms with van der Waals surface area (Å²) >= 11 is 6.07. The predicted octanol–water partition coefficient (Wildman–Crippen LogP) is 3.38. The molecule has 2 amide bonds. The number of amides is 2. The molecule has 0 bridgehead atoms. The first-order valence-corrected chi connectivity index (χ1v) is 11.1. The zero-order chi connectivity index (χ0) is 23.4. The van der Waals surface area contributed by atoms with Crippen molar-refractivity contribution in [3.05, 3.63) is 71.0 Å². The Balaban J connectivity index is 1.36. The van der Waals surface area contributed by atoms with Crippen molar-refractivity contribution < 1.29 is 14.3 Å². The van der Waals surface area contributed by atoms with Gasteiger partial charge in [-0.3, -0.25) is 9.59 Å². The van der Waals surface area contributed by atoms with Crippen LogP contribution in [0.4, 0.5) is 11.4 Å². The van der Waals surface area contributed by atoms with Crippen molar-refractivity contribution in [3.8, 4) is 5.69 Å². The van der Waals surface area contributed by atoms with Gasteiger partial charge in [0.2, 0.25) is 5.91 Å². The molecule has 8 nitrogen and oxygen atoms in total. The number of nitrogens with zero attached hydrogens (tertiary/aromatic N) is 4. The van der Waals surface area contributed by atoms with Gasteiger partial charge in [-0.2, -0.15) is 5.10 Å². The second-order valence-electron chi connectivity index (χ2n) is 7.89. The summed E-state index contributed by atoms with van der Waals surface area (Å²) in [7, 11) is 1.60. The fraction of sp³-hybridized carbons (Fsp3) is 0.292. The van der Waals surface area contributed by atoms with Gasteiger partial charge in [-0.05, 0) is 49.4 Å². The Labute approximate surface area is 197 Å². The zero-order valence-corrected chi connectivity index (χ0v) is 19.4. The standard InChI is InChI=1S/C24H26ClN5O3/c1-17-22(15-26-30(17)21-5-3-4-18(25)14-21)24(32)28(2)16-23(31)27-19-6-8-20(9-7-19)29-10-12-33-13-11-29/h3-9,14-15H,10-13,16H2,1-2H3,(H,27,31). The topological polar surface area (TPSA) is 79.7 Å². The molecule has 33 heavy (non-hydrogen) atoms. The Morgan fingerprint density at radius 2 is 1.85 bits per heavy atom. The molecule has 2 aromatic carbocycles. The van der Waals surface area contributed by atoms with Gasteiger partial charge in [-0.1, -0.05) is 17.7 Å². The minimum atomic E-state index is -0.279. The Morgan fingerprint density at radius 1 is 1.12 bits per heavy atom. The maximum atomic E-state index is 12.9. The number of carbonyl (C=O) groups is 2. The number of benzene rings is 2. The Hall–Kier alpha value is -3.36. The van der Waals surface area contributed by atoms with Crippen LogP contribution in [0.1, 0.15) is 16.1 Å². The second kappa shape index (κ2) is 10.1. The molecule has 0 radical (unpaired) electrons. The summed E-state index contributed by atoms with van der Waals surface area (Å²) in [6, 6.07) is 14.9. The highest BCUT2D eigenvalue weighted by Crippen LogP contribution is 2.20. The number of halogens is 1. The zero-order valence-electron chi connectivity index (χ0n) is 18.6. The van der Waals surface area contributed by atoms with E-state index < -0.39 is 0 Å². The highest BCUT2D eigenvalue weighted by atomic mass is 35.5. The van der Waals surface area contributed by atoms with Gasteiger partial charge in [0, 0.05) is 36.5 Å². The highest BCUT2D eigenvalue weighted by molar-refractivity contribution is 6.30. The van der Waals surface area contributed by atoms with Gasteiger partial charge in [-0.25, -0.2) is 4.68 Å². The lowest BCUT2D eigenvalue weighted by atomic mass is 10.2. The number of hydrogen-bond donors (Lipinski definition) is 1. The van der Waals surface area contributed by atoms with Crippen LogP contribution in [0.25, 0.3) is 5.69 Å². The van der Waals surface area contributed by atoms with Crippen LogP contribution in [0, 0.1) is 6.92 Å². The molecule has 1 saturated heterocycles. The average Bonchev–Trinajstić information content (AvgIpc) is 3.20. The van der Waals surface area contributed by atoms with Crippen LogP contribution < -0.4 is 10.2 Å². The highest BCUT2D eigenvalue weighted by Gasteiger charge is 2.21. The molecule has 1 N–H and O–H groups in total. The summed E-state index contributed by atoms with van der Waals surface area (Å²) < 4.78 is 7.04. The van der Waals surface area contributed by atoms with Crippen molar-refractivity contribution in [2.45, 2.75) is 6.92 Å². The molecule has 0 saturated carbocycles. The smallest absolute Gasteiger partial charge is 0.257 e. The number of carbonyl (C=O) groups excluding carboxylic acids is 2. The summed E-state index contributed by atoms with van der Waals surface area (Å²) in [6.07, 6.45) is 1.51. The number of morpholine rings is 1. The average molecular weight is 468 g/mol. The first kappa shape index (κ1) is 22.8. The van der Waals surface area contributed by atoms with Crippen LogP contribution in [0.2, 0.25) is 5.02 Å². The maximum Gasteiger partial charge on any atom is 0.257 e. The minimum Gasteiger partial charge on any atom is -0.378 e. The van der Waals surface area contributed by atoms with Crippen molar-refractivity contribution in [2.75, 3.05) is 50.1 Å². The molecule has 9 heteroatoms. The van der Waals surface area contributed by atoms with Gasteiger partial charge < -0.3 is 19.9 Å². The molecule has 0 aliphatic carbocycles. The minimum absolute atomic E-state index is 0.0775. The summed E-state index contributed by atoms with van der Waals surface area (Å²) in [5.74, 6) is -0.552. The lowest BCUT2D eigenvalue weighted by Gasteiger charge is -2.28. The molecule has 1 aromatic heterocycles. The quantitative estimate of drug-likeness (QED) is 0.601. The third-order valence-electron chi connectivity index (χ3n) is 5.55. The third-order valence-corrected chi connectivity index (χ3v) is 5.78. The first-order valence-electron chi connectivity index (χ1n) is 10.7. The number of likely N-dealkylation sites (N-methyl/N-ethyl adjacent to an activating group) is 1. The molecular weight excluding hydrogens is 442 g/mol. The van der Waals surface area contributed by atoms with E-state index >= 15 is 0 Å². The monoisotopic (exact) mass is 467 g/mol. The van der Waals surface area contributed by atoms with Gasteiger partial charge in [0.1, 0.15) is 0 Å². The Bertz CT molecular complexity index is 1140. The van der Waals surface area contributed by atoms with Crippen LogP contribution in [-0.2, 0) is 9.53 Å². The third kappa shape index (κ3) is 5.35. The van der Waals surface area contributed by atoms with Crippen LogP contribution in [-0.4, -0.2) is 66.4 Å². The molecule has 1 aliphatic rings. The summed E-state index contributed by atoms with van der Waals surface area (Å²) in [4.78, 5) is 29.1. The Kier molecular flexibility index (Phi) is 6.96. The molecule has 0 spiro atoms. The van der Waals surface area contributed by atoms with Crippen LogP contribution in [0.3, 0.4) is 0 Å².